The van der Waals surface area contributed by atoms with Crippen LogP contribution in [0.4, 0.5) is 0 Å². The maximum absolute atomic E-state index is 12.6. The van der Waals surface area contributed by atoms with Crippen molar-refractivity contribution in [2.75, 3.05) is 13.7 Å². The predicted octanol–water partition coefficient (Wildman–Crippen LogP) is 0.489. The molecule has 2 rings (SSSR count). The van der Waals surface area contributed by atoms with E-state index in [2.05, 4.69) is 20.0 Å². The molecule has 0 aliphatic rings. The Morgan fingerprint density at radius 2 is 2.17 bits per heavy atom. The lowest BCUT2D eigenvalue weighted by Gasteiger charge is -2.14. The first kappa shape index (κ1) is 17.6. The number of nitrogens with one attached hydrogen (secondary N) is 1. The van der Waals surface area contributed by atoms with Gasteiger partial charge in [-0.05, 0) is 20.8 Å². The van der Waals surface area contributed by atoms with E-state index in [-0.39, 0.29) is 4.90 Å². The predicted molar refractivity (Wildman–Crippen MR) is 83.3 cm³/mol. The van der Waals surface area contributed by atoms with Crippen molar-refractivity contribution in [3.05, 3.63) is 24.0 Å². The summed E-state index contributed by atoms with van der Waals surface area (Å²) in [5, 5.41) is 12.0. The molecular formula is C13H22N6O3S. The molecule has 0 radical (unpaired) electrons. The van der Waals surface area contributed by atoms with E-state index in [1.165, 1.54) is 6.20 Å². The first-order valence-corrected chi connectivity index (χ1v) is 8.80. The number of rotatable bonds is 8. The molecule has 0 bridgehead atoms. The van der Waals surface area contributed by atoms with E-state index in [0.29, 0.717) is 31.2 Å². The Morgan fingerprint density at radius 3 is 2.78 bits per heavy atom. The van der Waals surface area contributed by atoms with Crippen molar-refractivity contribution in [2.24, 2.45) is 0 Å². The number of methoxy groups -OCH3 is 1. The second-order valence-electron chi connectivity index (χ2n) is 5.15. The van der Waals surface area contributed by atoms with Crippen LogP contribution in [-0.2, 0) is 27.8 Å². The van der Waals surface area contributed by atoms with Gasteiger partial charge >= 0.3 is 0 Å². The minimum absolute atomic E-state index is 0.175. The smallest absolute Gasteiger partial charge is 0.244 e. The molecule has 10 heteroatoms. The molecule has 128 valence electrons. The van der Waals surface area contributed by atoms with Crippen LogP contribution < -0.4 is 4.72 Å². The normalized spacial score (nSPS) is 13.4. The summed E-state index contributed by atoms with van der Waals surface area (Å²) in [6.45, 7) is 6.95. The van der Waals surface area contributed by atoms with Crippen LogP contribution in [0.25, 0.3) is 0 Å². The van der Waals surface area contributed by atoms with Crippen LogP contribution in [0.2, 0.25) is 0 Å². The van der Waals surface area contributed by atoms with Crippen molar-refractivity contribution >= 4 is 10.0 Å². The van der Waals surface area contributed by atoms with Crippen molar-refractivity contribution in [1.29, 1.82) is 0 Å². The summed E-state index contributed by atoms with van der Waals surface area (Å²) in [6, 6.07) is -0.524. The summed E-state index contributed by atoms with van der Waals surface area (Å²) in [5.74, 6) is 0.533. The molecular weight excluding hydrogens is 320 g/mol. The van der Waals surface area contributed by atoms with Crippen molar-refractivity contribution in [2.45, 2.75) is 44.8 Å². The highest BCUT2D eigenvalue weighted by atomic mass is 32.2. The summed E-state index contributed by atoms with van der Waals surface area (Å²) in [6.07, 6.45) is 3.08. The zero-order chi connectivity index (χ0) is 17.0. The van der Waals surface area contributed by atoms with Crippen molar-refractivity contribution in [3.63, 3.8) is 0 Å². The van der Waals surface area contributed by atoms with Gasteiger partial charge in [0.1, 0.15) is 11.2 Å². The highest BCUT2D eigenvalue weighted by Gasteiger charge is 2.25. The molecule has 0 aromatic carbocycles. The number of sulfonamides is 1. The average molecular weight is 342 g/mol. The molecule has 0 aliphatic carbocycles. The van der Waals surface area contributed by atoms with E-state index in [9.17, 15) is 8.42 Å². The van der Waals surface area contributed by atoms with Gasteiger partial charge in [0.15, 0.2) is 5.82 Å². The molecule has 0 spiro atoms. The second-order valence-corrected chi connectivity index (χ2v) is 6.84. The van der Waals surface area contributed by atoms with Gasteiger partial charge < -0.3 is 9.30 Å². The number of nitrogens with zero attached hydrogens (tertiary/aromatic N) is 5. The van der Waals surface area contributed by atoms with Gasteiger partial charge in [0.25, 0.3) is 0 Å². The lowest BCUT2D eigenvalue weighted by molar-refractivity contribution is 0.185. The van der Waals surface area contributed by atoms with E-state index < -0.39 is 16.1 Å². The third kappa shape index (κ3) is 3.95. The maximum atomic E-state index is 12.6. The highest BCUT2D eigenvalue weighted by molar-refractivity contribution is 7.89. The summed E-state index contributed by atoms with van der Waals surface area (Å²) < 4.78 is 36.1. The molecule has 1 N–H and O–H groups in total. The van der Waals surface area contributed by atoms with Crippen molar-refractivity contribution in [1.82, 2.24) is 29.3 Å². The first-order chi connectivity index (χ1) is 10.9. The number of aryl methyl sites for hydroxylation is 2. The topological polar surface area (TPSA) is 104 Å². The van der Waals surface area contributed by atoms with E-state index in [1.807, 2.05) is 6.92 Å². The monoisotopic (exact) mass is 342 g/mol. The fraction of sp³-hybridized carbons (Fsp3) is 0.615. The van der Waals surface area contributed by atoms with Crippen molar-refractivity contribution < 1.29 is 13.2 Å². The van der Waals surface area contributed by atoms with Crippen LogP contribution in [0.3, 0.4) is 0 Å². The third-order valence-electron chi connectivity index (χ3n) is 3.42. The number of hydrogen-bond donors (Lipinski definition) is 1. The van der Waals surface area contributed by atoms with Gasteiger partial charge in [-0.15, -0.1) is 10.2 Å². The Morgan fingerprint density at radius 1 is 1.43 bits per heavy atom. The van der Waals surface area contributed by atoms with E-state index in [0.717, 1.165) is 0 Å². The molecule has 9 nitrogen and oxygen atoms in total. The van der Waals surface area contributed by atoms with E-state index in [4.69, 9.17) is 4.74 Å². The molecule has 0 unspecified atom stereocenters. The van der Waals surface area contributed by atoms with Gasteiger partial charge in [-0.25, -0.2) is 13.1 Å². The quantitative estimate of drug-likeness (QED) is 0.749. The molecule has 0 aliphatic heterocycles. The van der Waals surface area contributed by atoms with Gasteiger partial charge in [-0.3, -0.25) is 4.68 Å². The summed E-state index contributed by atoms with van der Waals surface area (Å²) in [7, 11) is -2.09. The molecule has 0 saturated carbocycles. The zero-order valence-corrected chi connectivity index (χ0v) is 14.5. The maximum Gasteiger partial charge on any atom is 0.244 e. The van der Waals surface area contributed by atoms with E-state index in [1.54, 1.807) is 36.5 Å². The van der Waals surface area contributed by atoms with Crippen LogP contribution in [-0.4, -0.2) is 46.7 Å². The fourth-order valence-electron chi connectivity index (χ4n) is 2.24. The number of aromatic nitrogens is 5. The van der Waals surface area contributed by atoms with E-state index >= 15 is 0 Å². The molecule has 1 atom stereocenters. The molecule has 0 saturated heterocycles. The average Bonchev–Trinajstić information content (AvgIpc) is 3.10. The second kappa shape index (κ2) is 7.20. The van der Waals surface area contributed by atoms with Gasteiger partial charge in [0, 0.05) is 26.4 Å². The molecule has 23 heavy (non-hydrogen) atoms. The van der Waals surface area contributed by atoms with Crippen LogP contribution in [0.15, 0.2) is 17.4 Å². The van der Waals surface area contributed by atoms with Gasteiger partial charge in [-0.2, -0.15) is 5.10 Å². The first-order valence-electron chi connectivity index (χ1n) is 7.32. The minimum Gasteiger partial charge on any atom is -0.383 e. The molecule has 2 heterocycles. The van der Waals surface area contributed by atoms with Gasteiger partial charge in [0.2, 0.25) is 10.0 Å². The standard InChI is InChI=1S/C13H22N6O3S/c1-5-19-8-12(10(2)16-19)23(20,21)17-11(3)13-15-14-9-18(13)6-7-22-4/h8-9,11,17H,5-7H2,1-4H3/t11-/m1/s1. The highest BCUT2D eigenvalue weighted by Crippen LogP contribution is 2.17. The summed E-state index contributed by atoms with van der Waals surface area (Å²) >= 11 is 0. The summed E-state index contributed by atoms with van der Waals surface area (Å²) in [5.41, 5.74) is 0.465. The van der Waals surface area contributed by atoms with Gasteiger partial charge in [-0.1, -0.05) is 0 Å². The van der Waals surface area contributed by atoms with Crippen molar-refractivity contribution in [3.8, 4) is 0 Å². The van der Waals surface area contributed by atoms with Crippen LogP contribution in [0.1, 0.15) is 31.4 Å². The Balaban J connectivity index is 2.20. The molecule has 2 aromatic rings. The lowest BCUT2D eigenvalue weighted by atomic mass is 10.3. The Hall–Kier alpha value is -1.78. The molecule has 2 aromatic heterocycles. The van der Waals surface area contributed by atoms with Gasteiger partial charge in [0.05, 0.1) is 18.3 Å². The number of ether oxygens (including phenoxy) is 1. The third-order valence-corrected chi connectivity index (χ3v) is 5.06. The minimum atomic E-state index is -3.69. The Kier molecular flexibility index (Phi) is 5.50. The van der Waals surface area contributed by atoms with Crippen LogP contribution in [0, 0.1) is 6.92 Å². The Bertz CT molecular complexity index is 752. The van der Waals surface area contributed by atoms with Crippen LogP contribution >= 0.6 is 0 Å². The largest absolute Gasteiger partial charge is 0.383 e. The Labute approximate surface area is 135 Å². The molecule has 0 fully saturated rings. The fourth-order valence-corrected chi connectivity index (χ4v) is 3.62. The number of hydrogen-bond acceptors (Lipinski definition) is 6. The zero-order valence-electron chi connectivity index (χ0n) is 13.7. The SMILES string of the molecule is CCn1cc(S(=O)(=O)N[C@H](C)c2nncn2CCOC)c(C)n1. The van der Waals surface area contributed by atoms with Crippen LogP contribution in [0.5, 0.6) is 0 Å². The molecule has 0 amide bonds. The summed E-state index contributed by atoms with van der Waals surface area (Å²) in [4.78, 5) is 0.175. The lowest BCUT2D eigenvalue weighted by Crippen LogP contribution is -2.29.